The third kappa shape index (κ3) is 6.00. The Hall–Kier alpha value is -4.89. The van der Waals surface area contributed by atoms with Gasteiger partial charge in [0, 0.05) is 29.3 Å². The second-order valence-electron chi connectivity index (χ2n) is 7.84. The van der Waals surface area contributed by atoms with Gasteiger partial charge in [0.05, 0.1) is 34.6 Å². The Bertz CT molecular complexity index is 1630. The van der Waals surface area contributed by atoms with Crippen molar-refractivity contribution >= 4 is 21.9 Å². The molecule has 2 aromatic carbocycles. The monoisotopic (exact) mass is 524 g/mol. The molecular formula is C30H33FN8. The Balaban J connectivity index is 0.000000657. The van der Waals surface area contributed by atoms with Crippen LogP contribution in [0.25, 0.3) is 55.8 Å². The van der Waals surface area contributed by atoms with E-state index in [0.29, 0.717) is 18.1 Å². The van der Waals surface area contributed by atoms with Gasteiger partial charge in [-0.1, -0.05) is 26.0 Å². The SMILES string of the molecule is C=C.C=C.CC.CNCc1cc(F)cc(-c2cccc3[nH]c(-c4n[nH]c5cnc(-c6cn[nH]c6)cc45)nc23)c1. The van der Waals surface area contributed by atoms with Crippen LogP contribution >= 0.6 is 0 Å². The van der Waals surface area contributed by atoms with E-state index in [1.165, 1.54) is 12.1 Å². The third-order valence-electron chi connectivity index (χ3n) is 5.63. The number of imidazole rings is 1. The van der Waals surface area contributed by atoms with E-state index in [0.717, 1.165) is 49.9 Å². The Labute approximate surface area is 227 Å². The molecule has 8 nitrogen and oxygen atoms in total. The summed E-state index contributed by atoms with van der Waals surface area (Å²) in [7, 11) is 1.84. The fraction of sp³-hybridized carbons (Fsp3) is 0.133. The average molecular weight is 525 g/mol. The molecule has 4 N–H and O–H groups in total. The van der Waals surface area contributed by atoms with Gasteiger partial charge in [-0.15, -0.1) is 26.3 Å². The molecule has 0 fully saturated rings. The van der Waals surface area contributed by atoms with E-state index >= 15 is 0 Å². The molecule has 0 spiro atoms. The predicted octanol–water partition coefficient (Wildman–Crippen LogP) is 7.05. The van der Waals surface area contributed by atoms with E-state index in [4.69, 9.17) is 4.98 Å². The molecule has 200 valence electrons. The number of hydrogen-bond acceptors (Lipinski definition) is 5. The van der Waals surface area contributed by atoms with Gasteiger partial charge in [0.15, 0.2) is 5.82 Å². The van der Waals surface area contributed by atoms with Gasteiger partial charge in [-0.25, -0.2) is 9.37 Å². The molecule has 0 aliphatic carbocycles. The number of fused-ring (bicyclic) bond motifs is 2. The van der Waals surface area contributed by atoms with Crippen LogP contribution in [0.3, 0.4) is 0 Å². The topological polar surface area (TPSA) is 111 Å². The van der Waals surface area contributed by atoms with Crippen molar-refractivity contribution < 1.29 is 4.39 Å². The predicted molar refractivity (Wildman–Crippen MR) is 159 cm³/mol. The Morgan fingerprint density at radius 3 is 2.46 bits per heavy atom. The summed E-state index contributed by atoms with van der Waals surface area (Å²) in [6.07, 6.45) is 5.27. The van der Waals surface area contributed by atoms with Gasteiger partial charge in [-0.05, 0) is 48.5 Å². The summed E-state index contributed by atoms with van der Waals surface area (Å²) in [6, 6.07) is 12.9. The number of hydrogen-bond donors (Lipinski definition) is 4. The largest absolute Gasteiger partial charge is 0.337 e. The lowest BCUT2D eigenvalue weighted by atomic mass is 10.0. The molecule has 0 aliphatic rings. The number of halogens is 1. The van der Waals surface area contributed by atoms with Crippen LogP contribution in [0.4, 0.5) is 4.39 Å². The number of pyridine rings is 1. The lowest BCUT2D eigenvalue weighted by Crippen LogP contribution is -2.05. The third-order valence-corrected chi connectivity index (χ3v) is 5.63. The van der Waals surface area contributed by atoms with Crippen LogP contribution < -0.4 is 5.32 Å². The molecule has 4 aromatic heterocycles. The van der Waals surface area contributed by atoms with Gasteiger partial charge in [0.25, 0.3) is 0 Å². The van der Waals surface area contributed by atoms with Crippen LogP contribution in [0.5, 0.6) is 0 Å². The highest BCUT2D eigenvalue weighted by Crippen LogP contribution is 2.33. The number of nitrogens with zero attached hydrogens (tertiary/aromatic N) is 4. The van der Waals surface area contributed by atoms with Crippen LogP contribution in [-0.4, -0.2) is 42.4 Å². The van der Waals surface area contributed by atoms with Gasteiger partial charge in [0.2, 0.25) is 0 Å². The summed E-state index contributed by atoms with van der Waals surface area (Å²) in [5.74, 6) is 0.350. The molecule has 0 amide bonds. The minimum absolute atomic E-state index is 0.275. The van der Waals surface area contributed by atoms with Crippen molar-refractivity contribution in [1.29, 1.82) is 0 Å². The number of aromatic amines is 3. The summed E-state index contributed by atoms with van der Waals surface area (Å²) >= 11 is 0. The molecule has 39 heavy (non-hydrogen) atoms. The van der Waals surface area contributed by atoms with Gasteiger partial charge in [0.1, 0.15) is 11.5 Å². The summed E-state index contributed by atoms with van der Waals surface area (Å²) in [5, 5.41) is 18.3. The normalized spacial score (nSPS) is 10.2. The second kappa shape index (κ2) is 13.6. The van der Waals surface area contributed by atoms with Gasteiger partial charge in [-0.3, -0.25) is 15.2 Å². The maximum Gasteiger partial charge on any atom is 0.159 e. The Morgan fingerprint density at radius 1 is 0.949 bits per heavy atom. The molecule has 0 saturated carbocycles. The van der Waals surface area contributed by atoms with E-state index in [2.05, 4.69) is 62.0 Å². The molecule has 6 aromatic rings. The smallest absolute Gasteiger partial charge is 0.159 e. The van der Waals surface area contributed by atoms with Gasteiger partial charge < -0.3 is 10.3 Å². The van der Waals surface area contributed by atoms with Crippen LogP contribution in [-0.2, 0) is 6.54 Å². The number of aromatic nitrogens is 7. The number of benzene rings is 2. The zero-order valence-electron chi connectivity index (χ0n) is 22.5. The van der Waals surface area contributed by atoms with E-state index in [1.807, 2.05) is 51.2 Å². The standard InChI is InChI=1S/C24H19FN8.C2H6.2C2H4/c1-26-9-13-5-14(7-16(25)6-13)17-3-2-4-19-22(17)31-24(30-19)23-18-8-20(15-10-28-29-11-15)27-12-21(18)32-33-23;3*1-2/h2-8,10-12,26H,9H2,1H3,(H,28,29)(H,30,31)(H,32,33);1-2H3;2*1-2H2. The number of rotatable bonds is 5. The molecule has 0 radical (unpaired) electrons. The molecule has 0 saturated heterocycles. The van der Waals surface area contributed by atoms with Crippen molar-refractivity contribution in [2.45, 2.75) is 20.4 Å². The van der Waals surface area contributed by atoms with Crippen molar-refractivity contribution in [1.82, 2.24) is 40.7 Å². The zero-order chi connectivity index (χ0) is 28.4. The first-order valence-electron chi connectivity index (χ1n) is 12.5. The van der Waals surface area contributed by atoms with E-state index in [9.17, 15) is 4.39 Å². The average Bonchev–Trinajstić information content (AvgIpc) is 3.75. The first kappa shape index (κ1) is 28.7. The van der Waals surface area contributed by atoms with Crippen molar-refractivity contribution in [3.63, 3.8) is 0 Å². The summed E-state index contributed by atoms with van der Waals surface area (Å²) in [5.41, 5.74) is 7.28. The molecular weight excluding hydrogens is 491 g/mol. The Kier molecular flexibility index (Phi) is 10.00. The Morgan fingerprint density at radius 2 is 1.74 bits per heavy atom. The fourth-order valence-electron chi connectivity index (χ4n) is 4.14. The van der Waals surface area contributed by atoms with Crippen molar-refractivity contribution in [2.24, 2.45) is 0 Å². The highest BCUT2D eigenvalue weighted by Gasteiger charge is 2.17. The summed E-state index contributed by atoms with van der Waals surface area (Å²) < 4.78 is 14.3. The van der Waals surface area contributed by atoms with Crippen LogP contribution in [0.2, 0.25) is 0 Å². The fourth-order valence-corrected chi connectivity index (χ4v) is 4.14. The molecule has 0 atom stereocenters. The first-order chi connectivity index (χ1) is 19.2. The second-order valence-corrected chi connectivity index (χ2v) is 7.84. The highest BCUT2D eigenvalue weighted by molar-refractivity contribution is 5.97. The van der Waals surface area contributed by atoms with Gasteiger partial charge >= 0.3 is 0 Å². The van der Waals surface area contributed by atoms with E-state index in [-0.39, 0.29) is 5.82 Å². The van der Waals surface area contributed by atoms with Crippen LogP contribution in [0.15, 0.2) is 87.4 Å². The molecule has 6 rings (SSSR count). The molecule has 0 unspecified atom stereocenters. The molecule has 0 bridgehead atoms. The maximum atomic E-state index is 14.3. The van der Waals surface area contributed by atoms with E-state index in [1.54, 1.807) is 18.6 Å². The van der Waals surface area contributed by atoms with Gasteiger partial charge in [-0.2, -0.15) is 10.2 Å². The minimum atomic E-state index is -0.275. The molecule has 4 heterocycles. The van der Waals surface area contributed by atoms with Crippen LogP contribution in [0, 0.1) is 5.82 Å². The highest BCUT2D eigenvalue weighted by atomic mass is 19.1. The summed E-state index contributed by atoms with van der Waals surface area (Å²) in [6.45, 7) is 16.6. The van der Waals surface area contributed by atoms with Crippen LogP contribution in [0.1, 0.15) is 19.4 Å². The summed E-state index contributed by atoms with van der Waals surface area (Å²) in [4.78, 5) is 12.7. The maximum absolute atomic E-state index is 14.3. The van der Waals surface area contributed by atoms with Crippen molar-refractivity contribution in [3.8, 4) is 33.9 Å². The lowest BCUT2D eigenvalue weighted by molar-refractivity contribution is 0.624. The van der Waals surface area contributed by atoms with Crippen molar-refractivity contribution in [2.75, 3.05) is 7.05 Å². The number of H-pyrrole nitrogens is 3. The molecule has 0 aliphatic heterocycles. The first-order valence-corrected chi connectivity index (χ1v) is 12.5. The quantitative estimate of drug-likeness (QED) is 0.181. The minimum Gasteiger partial charge on any atom is -0.337 e. The number of para-hydroxylation sites is 1. The molecule has 9 heteroatoms. The number of nitrogens with one attached hydrogen (secondary N) is 4. The lowest BCUT2D eigenvalue weighted by Gasteiger charge is -2.07. The zero-order valence-corrected chi connectivity index (χ0v) is 22.5. The van der Waals surface area contributed by atoms with Crippen molar-refractivity contribution in [3.05, 3.63) is 98.8 Å². The van der Waals surface area contributed by atoms with E-state index < -0.39 is 0 Å².